The van der Waals surface area contributed by atoms with Gasteiger partial charge in [-0.25, -0.2) is 4.79 Å². The van der Waals surface area contributed by atoms with Crippen LogP contribution in [0.1, 0.15) is 18.4 Å². The lowest BCUT2D eigenvalue weighted by Crippen LogP contribution is -2.35. The van der Waals surface area contributed by atoms with E-state index in [0.717, 1.165) is 5.56 Å². The van der Waals surface area contributed by atoms with Gasteiger partial charge in [0.1, 0.15) is 6.61 Å². The molecule has 0 spiro atoms. The number of amides is 1. The Morgan fingerprint density at radius 3 is 2.80 bits per heavy atom. The molecule has 1 aromatic carbocycles. The fraction of sp³-hybridized carbons (Fsp3) is 0.250. The second-order valence-corrected chi connectivity index (χ2v) is 4.54. The van der Waals surface area contributed by atoms with Crippen LogP contribution in [0.3, 0.4) is 0 Å². The SMILES string of the molecule is C=CCC1=CC(=O)CCN1C(=O)OCc1ccccc1. The van der Waals surface area contributed by atoms with E-state index in [0.29, 0.717) is 25.1 Å². The lowest BCUT2D eigenvalue weighted by Gasteiger charge is -2.26. The molecule has 0 aliphatic carbocycles. The van der Waals surface area contributed by atoms with Crippen LogP contribution in [0.15, 0.2) is 54.8 Å². The molecule has 1 aromatic rings. The van der Waals surface area contributed by atoms with Gasteiger partial charge in [0.05, 0.1) is 0 Å². The van der Waals surface area contributed by atoms with Crippen molar-refractivity contribution in [3.05, 3.63) is 60.3 Å². The van der Waals surface area contributed by atoms with Crippen LogP contribution in [-0.2, 0) is 16.1 Å². The Labute approximate surface area is 118 Å². The van der Waals surface area contributed by atoms with Crippen LogP contribution < -0.4 is 0 Å². The molecule has 104 valence electrons. The van der Waals surface area contributed by atoms with Crippen LogP contribution in [0.25, 0.3) is 0 Å². The predicted molar refractivity (Wildman–Crippen MR) is 75.9 cm³/mol. The molecule has 0 aromatic heterocycles. The summed E-state index contributed by atoms with van der Waals surface area (Å²) < 4.78 is 5.28. The van der Waals surface area contributed by atoms with Gasteiger partial charge in [0.2, 0.25) is 0 Å². The van der Waals surface area contributed by atoms with E-state index in [-0.39, 0.29) is 12.4 Å². The lowest BCUT2D eigenvalue weighted by molar-refractivity contribution is -0.115. The Balaban J connectivity index is 1.99. The number of allylic oxidation sites excluding steroid dienone is 2. The van der Waals surface area contributed by atoms with Crippen molar-refractivity contribution in [1.82, 2.24) is 4.90 Å². The quantitative estimate of drug-likeness (QED) is 0.791. The second kappa shape index (κ2) is 6.70. The molecule has 1 aliphatic heterocycles. The summed E-state index contributed by atoms with van der Waals surface area (Å²) >= 11 is 0. The summed E-state index contributed by atoms with van der Waals surface area (Å²) in [5.41, 5.74) is 1.58. The van der Waals surface area contributed by atoms with Crippen LogP contribution in [0.2, 0.25) is 0 Å². The zero-order chi connectivity index (χ0) is 14.4. The Kier molecular flexibility index (Phi) is 4.71. The third-order valence-electron chi connectivity index (χ3n) is 3.04. The minimum absolute atomic E-state index is 0.0361. The number of nitrogens with zero attached hydrogens (tertiary/aromatic N) is 1. The summed E-state index contributed by atoms with van der Waals surface area (Å²) in [7, 11) is 0. The molecule has 1 heterocycles. The van der Waals surface area contributed by atoms with Gasteiger partial charge in [-0.2, -0.15) is 0 Å². The smallest absolute Gasteiger partial charge is 0.414 e. The van der Waals surface area contributed by atoms with E-state index >= 15 is 0 Å². The van der Waals surface area contributed by atoms with Gasteiger partial charge >= 0.3 is 6.09 Å². The molecule has 1 aliphatic rings. The largest absolute Gasteiger partial charge is 0.444 e. The Hall–Kier alpha value is -2.36. The van der Waals surface area contributed by atoms with Gasteiger partial charge in [-0.15, -0.1) is 6.58 Å². The van der Waals surface area contributed by atoms with Crippen molar-refractivity contribution >= 4 is 11.9 Å². The Morgan fingerprint density at radius 1 is 1.35 bits per heavy atom. The van der Waals surface area contributed by atoms with E-state index in [9.17, 15) is 9.59 Å². The molecule has 20 heavy (non-hydrogen) atoms. The van der Waals surface area contributed by atoms with Crippen LogP contribution in [0, 0.1) is 0 Å². The van der Waals surface area contributed by atoms with Gasteiger partial charge in [-0.05, 0) is 5.56 Å². The lowest BCUT2D eigenvalue weighted by atomic mass is 10.1. The molecule has 2 rings (SSSR count). The first kappa shape index (κ1) is 14.1. The highest BCUT2D eigenvalue weighted by Gasteiger charge is 2.24. The number of benzene rings is 1. The minimum Gasteiger partial charge on any atom is -0.444 e. The molecule has 0 radical (unpaired) electrons. The van der Waals surface area contributed by atoms with Gasteiger partial charge in [0.15, 0.2) is 5.78 Å². The molecule has 0 bridgehead atoms. The number of ether oxygens (including phenoxy) is 1. The summed E-state index contributed by atoms with van der Waals surface area (Å²) in [6.45, 7) is 4.23. The van der Waals surface area contributed by atoms with Crippen molar-refractivity contribution in [2.45, 2.75) is 19.4 Å². The standard InChI is InChI=1S/C16H17NO3/c1-2-6-14-11-15(18)9-10-17(14)16(19)20-12-13-7-4-3-5-8-13/h2-5,7-8,11H,1,6,9-10,12H2. The van der Waals surface area contributed by atoms with Crippen molar-refractivity contribution in [3.8, 4) is 0 Å². The molecule has 0 unspecified atom stereocenters. The molecule has 0 fully saturated rings. The molecule has 0 saturated heterocycles. The molecule has 1 amide bonds. The fourth-order valence-corrected chi connectivity index (χ4v) is 2.02. The van der Waals surface area contributed by atoms with E-state index in [1.54, 1.807) is 6.08 Å². The zero-order valence-electron chi connectivity index (χ0n) is 11.2. The summed E-state index contributed by atoms with van der Waals surface area (Å²) in [5.74, 6) is 0.0361. The third kappa shape index (κ3) is 3.57. The van der Waals surface area contributed by atoms with Crippen molar-refractivity contribution in [2.24, 2.45) is 0 Å². The van der Waals surface area contributed by atoms with E-state index in [2.05, 4.69) is 6.58 Å². The highest BCUT2D eigenvalue weighted by atomic mass is 16.6. The molecule has 4 heteroatoms. The van der Waals surface area contributed by atoms with Gasteiger partial charge in [0, 0.05) is 31.2 Å². The van der Waals surface area contributed by atoms with Gasteiger partial charge in [0.25, 0.3) is 0 Å². The average molecular weight is 271 g/mol. The summed E-state index contributed by atoms with van der Waals surface area (Å²) in [4.78, 5) is 25.0. The zero-order valence-corrected chi connectivity index (χ0v) is 11.2. The van der Waals surface area contributed by atoms with E-state index in [4.69, 9.17) is 4.74 Å². The summed E-state index contributed by atoms with van der Waals surface area (Å²) in [6.07, 6.45) is 3.55. The van der Waals surface area contributed by atoms with Crippen LogP contribution in [-0.4, -0.2) is 23.3 Å². The topological polar surface area (TPSA) is 46.6 Å². The molecule has 0 saturated carbocycles. The highest BCUT2D eigenvalue weighted by molar-refractivity contribution is 5.92. The first-order valence-corrected chi connectivity index (χ1v) is 6.53. The van der Waals surface area contributed by atoms with Crippen molar-refractivity contribution in [2.75, 3.05) is 6.54 Å². The van der Waals surface area contributed by atoms with E-state index in [1.807, 2.05) is 30.3 Å². The monoisotopic (exact) mass is 271 g/mol. The number of hydrogen-bond donors (Lipinski definition) is 0. The predicted octanol–water partition coefficient (Wildman–Crippen LogP) is 3.06. The van der Waals surface area contributed by atoms with Crippen molar-refractivity contribution in [1.29, 1.82) is 0 Å². The number of ketones is 1. The van der Waals surface area contributed by atoms with Crippen LogP contribution >= 0.6 is 0 Å². The first-order chi connectivity index (χ1) is 9.70. The van der Waals surface area contributed by atoms with Crippen molar-refractivity contribution in [3.63, 3.8) is 0 Å². The molecule has 0 N–H and O–H groups in total. The summed E-state index contributed by atoms with van der Waals surface area (Å²) in [5, 5.41) is 0. The maximum Gasteiger partial charge on any atom is 0.414 e. The van der Waals surface area contributed by atoms with E-state index in [1.165, 1.54) is 11.0 Å². The fourth-order valence-electron chi connectivity index (χ4n) is 2.02. The normalized spacial score (nSPS) is 14.7. The molecular formula is C16H17NO3. The number of rotatable bonds is 4. The Morgan fingerprint density at radius 2 is 2.10 bits per heavy atom. The minimum atomic E-state index is -0.422. The van der Waals surface area contributed by atoms with Gasteiger partial charge in [-0.3, -0.25) is 9.69 Å². The first-order valence-electron chi connectivity index (χ1n) is 6.53. The average Bonchev–Trinajstić information content (AvgIpc) is 2.46. The Bertz CT molecular complexity index is 534. The molecular weight excluding hydrogens is 254 g/mol. The maximum absolute atomic E-state index is 12.1. The second-order valence-electron chi connectivity index (χ2n) is 4.54. The number of carbonyl (C=O) groups excluding carboxylic acids is 2. The van der Waals surface area contributed by atoms with Crippen molar-refractivity contribution < 1.29 is 14.3 Å². The number of hydrogen-bond acceptors (Lipinski definition) is 3. The molecule has 0 atom stereocenters. The van der Waals surface area contributed by atoms with Gasteiger partial charge in [-0.1, -0.05) is 36.4 Å². The highest BCUT2D eigenvalue weighted by Crippen LogP contribution is 2.18. The molecule has 4 nitrogen and oxygen atoms in total. The summed E-state index contributed by atoms with van der Waals surface area (Å²) in [6, 6.07) is 9.49. The maximum atomic E-state index is 12.1. The van der Waals surface area contributed by atoms with Crippen LogP contribution in [0.4, 0.5) is 4.79 Å². The third-order valence-corrected chi connectivity index (χ3v) is 3.04. The van der Waals surface area contributed by atoms with Crippen LogP contribution in [0.5, 0.6) is 0 Å². The van der Waals surface area contributed by atoms with Gasteiger partial charge < -0.3 is 4.74 Å². The number of carbonyl (C=O) groups is 2. The van der Waals surface area contributed by atoms with E-state index < -0.39 is 6.09 Å².